The zero-order valence-corrected chi connectivity index (χ0v) is 16.5. The van der Waals surface area contributed by atoms with Crippen LogP contribution in [0.15, 0.2) is 59.7 Å². The van der Waals surface area contributed by atoms with Gasteiger partial charge in [0.2, 0.25) is 0 Å². The Morgan fingerprint density at radius 3 is 2.70 bits per heavy atom. The predicted molar refractivity (Wildman–Crippen MR) is 109 cm³/mol. The van der Waals surface area contributed by atoms with Crippen molar-refractivity contribution in [3.63, 3.8) is 0 Å². The van der Waals surface area contributed by atoms with E-state index < -0.39 is 0 Å². The largest absolute Gasteiger partial charge is 0.859 e. The molecule has 0 unspecified atom stereocenters. The van der Waals surface area contributed by atoms with Crippen LogP contribution in [0.25, 0.3) is 11.3 Å². The molecule has 2 heterocycles. The lowest BCUT2D eigenvalue weighted by Crippen LogP contribution is -2.43. The van der Waals surface area contributed by atoms with Gasteiger partial charge in [0, 0.05) is 11.5 Å². The molecule has 0 amide bonds. The van der Waals surface area contributed by atoms with Gasteiger partial charge in [0.25, 0.3) is 5.82 Å². The first-order valence-corrected chi connectivity index (χ1v) is 9.11. The number of imidazole rings is 1. The second-order valence-electron chi connectivity index (χ2n) is 6.98. The van der Waals surface area contributed by atoms with Gasteiger partial charge in [-0.3, -0.25) is 4.99 Å². The minimum Gasteiger partial charge on any atom is -0.859 e. The maximum absolute atomic E-state index is 12.6. The van der Waals surface area contributed by atoms with E-state index in [0.717, 1.165) is 36.2 Å². The molecule has 4 nitrogen and oxygen atoms in total. The summed E-state index contributed by atoms with van der Waals surface area (Å²) in [6.45, 7) is 5.30. The number of aromatic nitrogens is 2. The number of hydrogen-bond acceptors (Lipinski definition) is 2. The highest BCUT2D eigenvalue weighted by atomic mass is 35.5. The van der Waals surface area contributed by atoms with Crippen molar-refractivity contribution in [1.29, 1.82) is 0 Å². The van der Waals surface area contributed by atoms with Crippen LogP contribution < -0.4 is 9.67 Å². The van der Waals surface area contributed by atoms with Crippen molar-refractivity contribution in [1.82, 2.24) is 4.57 Å². The van der Waals surface area contributed by atoms with Crippen LogP contribution in [0.3, 0.4) is 0 Å². The molecule has 0 atom stereocenters. The zero-order valence-electron chi connectivity index (χ0n) is 15.7. The van der Waals surface area contributed by atoms with Gasteiger partial charge in [-0.2, -0.15) is 0 Å². The van der Waals surface area contributed by atoms with Gasteiger partial charge in [0.15, 0.2) is 5.69 Å². The lowest BCUT2D eigenvalue weighted by Gasteiger charge is -2.10. The number of nitrogens with zero attached hydrogens (tertiary/aromatic N) is 3. The van der Waals surface area contributed by atoms with E-state index in [0.29, 0.717) is 0 Å². The average molecular weight is 382 g/mol. The molecule has 0 saturated heterocycles. The molecule has 0 radical (unpaired) electrons. The van der Waals surface area contributed by atoms with Crippen molar-refractivity contribution < 1.29 is 9.67 Å². The summed E-state index contributed by atoms with van der Waals surface area (Å²) in [5.74, 6) is 1.11. The third kappa shape index (κ3) is 3.91. The van der Waals surface area contributed by atoms with E-state index in [1.54, 1.807) is 0 Å². The molecule has 3 aromatic rings. The minimum absolute atomic E-state index is 0. The Kier molecular flexibility index (Phi) is 5.66. The molecule has 2 aromatic carbocycles. The van der Waals surface area contributed by atoms with E-state index in [1.165, 1.54) is 17.1 Å². The first kappa shape index (κ1) is 19.2. The third-order valence-corrected chi connectivity index (χ3v) is 4.98. The van der Waals surface area contributed by atoms with Crippen LogP contribution in [0, 0.1) is 13.8 Å². The molecule has 4 rings (SSSR count). The first-order chi connectivity index (χ1) is 12.6. The summed E-state index contributed by atoms with van der Waals surface area (Å²) in [6, 6.07) is 16.4. The van der Waals surface area contributed by atoms with E-state index in [4.69, 9.17) is 0 Å². The number of halogens is 1. The lowest BCUT2D eigenvalue weighted by molar-refractivity contribution is -0.693. The van der Waals surface area contributed by atoms with Crippen molar-refractivity contribution in [3.05, 3.63) is 71.7 Å². The summed E-state index contributed by atoms with van der Waals surface area (Å²) < 4.78 is 4.41. The Bertz CT molecular complexity index is 977. The average Bonchev–Trinajstić information content (AvgIpc) is 3.23. The van der Waals surface area contributed by atoms with Crippen LogP contribution in [0.4, 0.5) is 5.69 Å². The fourth-order valence-electron chi connectivity index (χ4n) is 3.64. The molecule has 0 aliphatic carbocycles. The molecule has 1 aliphatic rings. The molecule has 1 aliphatic heterocycles. The molecule has 140 valence electrons. The Morgan fingerprint density at radius 1 is 1.15 bits per heavy atom. The number of aryl methyl sites for hydroxylation is 2. The van der Waals surface area contributed by atoms with Crippen molar-refractivity contribution in [3.8, 4) is 11.3 Å². The molecular formula is C22H24ClN3O. The summed E-state index contributed by atoms with van der Waals surface area (Å²) in [6.07, 6.45) is 4.22. The molecule has 0 spiro atoms. The molecule has 5 heteroatoms. The van der Waals surface area contributed by atoms with E-state index in [2.05, 4.69) is 44.6 Å². The SMILES string of the molecule is Cc1ccc(C)c(N=C([O-])C[n+]2cc(-c3ccccc3)n3c2CCC3)c1.Cl. The van der Waals surface area contributed by atoms with Gasteiger partial charge in [-0.15, -0.1) is 12.4 Å². The molecule has 1 aromatic heterocycles. The van der Waals surface area contributed by atoms with E-state index in [9.17, 15) is 5.11 Å². The van der Waals surface area contributed by atoms with Crippen LogP contribution >= 0.6 is 12.4 Å². The van der Waals surface area contributed by atoms with Gasteiger partial charge >= 0.3 is 0 Å². The Labute approximate surface area is 166 Å². The zero-order chi connectivity index (χ0) is 18.1. The van der Waals surface area contributed by atoms with Crippen molar-refractivity contribution >= 4 is 24.0 Å². The third-order valence-electron chi connectivity index (χ3n) is 4.98. The Hall–Kier alpha value is -2.59. The Morgan fingerprint density at radius 2 is 1.93 bits per heavy atom. The lowest BCUT2D eigenvalue weighted by atomic mass is 10.1. The van der Waals surface area contributed by atoms with E-state index in [-0.39, 0.29) is 24.8 Å². The molecule has 27 heavy (non-hydrogen) atoms. The van der Waals surface area contributed by atoms with Crippen molar-refractivity contribution in [2.24, 2.45) is 4.99 Å². The van der Waals surface area contributed by atoms with Gasteiger partial charge in [-0.25, -0.2) is 9.13 Å². The monoisotopic (exact) mass is 381 g/mol. The summed E-state index contributed by atoms with van der Waals surface area (Å²) in [7, 11) is 0. The van der Waals surface area contributed by atoms with Gasteiger partial charge in [-0.05, 0) is 37.5 Å². The molecule has 0 saturated carbocycles. The number of hydrogen-bond donors (Lipinski definition) is 0. The number of rotatable bonds is 4. The number of fused-ring (bicyclic) bond motifs is 1. The highest BCUT2D eigenvalue weighted by molar-refractivity contribution is 5.85. The fraction of sp³-hybridized carbons (Fsp3) is 0.273. The van der Waals surface area contributed by atoms with Crippen LogP contribution in [0.2, 0.25) is 0 Å². The smallest absolute Gasteiger partial charge is 0.257 e. The van der Waals surface area contributed by atoms with E-state index in [1.807, 2.05) is 38.1 Å². The van der Waals surface area contributed by atoms with Gasteiger partial charge in [0.05, 0.1) is 18.7 Å². The first-order valence-electron chi connectivity index (χ1n) is 9.11. The standard InChI is InChI=1S/C22H23N3O.ClH/c1-16-10-11-17(2)19(13-16)23-21(26)15-24-14-20(18-7-4-3-5-8-18)25-12-6-9-22(24)25;/h3-5,7-8,10-11,13-14H,6,9,12,15H2,1-2H3;1H. The Balaban J connectivity index is 0.00000210. The summed E-state index contributed by atoms with van der Waals surface area (Å²) in [5, 5.41) is 12.6. The molecule has 0 bridgehead atoms. The quantitative estimate of drug-likeness (QED) is 0.387. The summed E-state index contributed by atoms with van der Waals surface area (Å²) in [5.41, 5.74) is 5.28. The van der Waals surface area contributed by atoms with Crippen LogP contribution in [-0.2, 0) is 19.5 Å². The predicted octanol–water partition coefficient (Wildman–Crippen LogP) is 3.52. The van der Waals surface area contributed by atoms with Gasteiger partial charge in [0.1, 0.15) is 12.7 Å². The maximum Gasteiger partial charge on any atom is 0.257 e. The minimum atomic E-state index is -0.108. The van der Waals surface area contributed by atoms with Crippen molar-refractivity contribution in [2.45, 2.75) is 39.8 Å². The van der Waals surface area contributed by atoms with E-state index >= 15 is 0 Å². The summed E-state index contributed by atoms with van der Waals surface area (Å²) in [4.78, 5) is 4.35. The molecule has 0 N–H and O–H groups in total. The number of benzene rings is 2. The highest BCUT2D eigenvalue weighted by Gasteiger charge is 2.28. The normalized spacial score (nSPS) is 13.3. The van der Waals surface area contributed by atoms with Crippen LogP contribution in [0.5, 0.6) is 0 Å². The second kappa shape index (κ2) is 7.97. The highest BCUT2D eigenvalue weighted by Crippen LogP contribution is 2.24. The van der Waals surface area contributed by atoms with Gasteiger partial charge in [-0.1, -0.05) is 42.5 Å². The maximum atomic E-state index is 12.6. The second-order valence-corrected chi connectivity index (χ2v) is 6.98. The fourth-order valence-corrected chi connectivity index (χ4v) is 3.64. The topological polar surface area (TPSA) is 44.2 Å². The summed E-state index contributed by atoms with van der Waals surface area (Å²) >= 11 is 0. The van der Waals surface area contributed by atoms with Crippen LogP contribution in [-0.4, -0.2) is 10.5 Å². The molecular weight excluding hydrogens is 358 g/mol. The van der Waals surface area contributed by atoms with Gasteiger partial charge < -0.3 is 5.11 Å². The molecule has 0 fully saturated rings. The van der Waals surface area contributed by atoms with Crippen molar-refractivity contribution in [2.75, 3.05) is 0 Å². The number of aliphatic imine (C=N–C) groups is 1. The van der Waals surface area contributed by atoms with Crippen LogP contribution in [0.1, 0.15) is 23.4 Å².